The molecule has 0 amide bonds. The van der Waals surface area contributed by atoms with Gasteiger partial charge in [-0.25, -0.2) is 8.78 Å². The van der Waals surface area contributed by atoms with Gasteiger partial charge in [0.25, 0.3) is 5.78 Å². The Morgan fingerprint density at radius 3 is 2.50 bits per heavy atom. The highest BCUT2D eigenvalue weighted by molar-refractivity contribution is 5.98. The van der Waals surface area contributed by atoms with Crippen LogP contribution in [0.5, 0.6) is 0 Å². The van der Waals surface area contributed by atoms with Gasteiger partial charge in [0, 0.05) is 7.05 Å². The Labute approximate surface area is 75.5 Å². The Balaban J connectivity index is 3.02. The van der Waals surface area contributed by atoms with Gasteiger partial charge in [0.05, 0.1) is 0 Å². The predicted molar refractivity (Wildman–Crippen MR) is 36.3 cm³/mol. The molecule has 0 aromatic carbocycles. The predicted octanol–water partition coefficient (Wildman–Crippen LogP) is 0.898. The zero-order valence-electron chi connectivity index (χ0n) is 6.92. The second kappa shape index (κ2) is 3.35. The number of halogens is 4. The molecule has 78 valence electrons. The number of hydrogen-bond donors (Lipinski definition) is 0. The third-order valence-electron chi connectivity index (χ3n) is 1.49. The van der Waals surface area contributed by atoms with Crippen LogP contribution in [0.1, 0.15) is 10.6 Å². The first-order valence-electron chi connectivity index (χ1n) is 3.42. The summed E-state index contributed by atoms with van der Waals surface area (Å²) in [6.45, 7) is 0. The topological polar surface area (TPSA) is 47.8 Å². The summed E-state index contributed by atoms with van der Waals surface area (Å²) in [6, 6.07) is 0. The number of aryl methyl sites for hydroxylation is 1. The van der Waals surface area contributed by atoms with Crippen LogP contribution in [0.3, 0.4) is 0 Å². The monoisotopic (exact) mass is 211 g/mol. The Morgan fingerprint density at radius 2 is 2.14 bits per heavy atom. The summed E-state index contributed by atoms with van der Waals surface area (Å²) >= 11 is 0. The molecule has 1 aromatic heterocycles. The van der Waals surface area contributed by atoms with Gasteiger partial charge in [-0.1, -0.05) is 0 Å². The van der Waals surface area contributed by atoms with Gasteiger partial charge >= 0.3 is 12.3 Å². The first-order valence-corrected chi connectivity index (χ1v) is 3.42. The molecule has 0 radical (unpaired) electrons. The van der Waals surface area contributed by atoms with Crippen LogP contribution in [0.25, 0.3) is 0 Å². The van der Waals surface area contributed by atoms with Crippen molar-refractivity contribution >= 4 is 5.78 Å². The number of carbonyl (C=O) groups is 1. The van der Waals surface area contributed by atoms with E-state index in [-0.39, 0.29) is 0 Å². The summed E-state index contributed by atoms with van der Waals surface area (Å²) in [5.41, 5.74) is 0. The first kappa shape index (κ1) is 10.6. The SMILES string of the molecule is Cn1cnnc1C(=O)C(F)(F)C(F)F. The summed E-state index contributed by atoms with van der Waals surface area (Å²) in [6.07, 6.45) is -3.08. The van der Waals surface area contributed by atoms with E-state index >= 15 is 0 Å². The fraction of sp³-hybridized carbons (Fsp3) is 0.500. The number of hydrogen-bond acceptors (Lipinski definition) is 3. The molecular weight excluding hydrogens is 206 g/mol. The van der Waals surface area contributed by atoms with Crippen LogP contribution in [-0.2, 0) is 7.05 Å². The highest BCUT2D eigenvalue weighted by atomic mass is 19.3. The summed E-state index contributed by atoms with van der Waals surface area (Å²) in [5, 5.41) is 6.14. The zero-order valence-corrected chi connectivity index (χ0v) is 6.92. The van der Waals surface area contributed by atoms with Crippen LogP contribution in [0.2, 0.25) is 0 Å². The van der Waals surface area contributed by atoms with Crippen molar-refractivity contribution in [2.24, 2.45) is 7.05 Å². The van der Waals surface area contributed by atoms with Crippen molar-refractivity contribution in [1.82, 2.24) is 14.8 Å². The van der Waals surface area contributed by atoms with Crippen molar-refractivity contribution in [2.45, 2.75) is 12.3 Å². The second-order valence-corrected chi connectivity index (χ2v) is 2.52. The van der Waals surface area contributed by atoms with Crippen molar-refractivity contribution in [3.8, 4) is 0 Å². The van der Waals surface area contributed by atoms with E-state index in [2.05, 4.69) is 10.2 Å². The molecule has 8 heteroatoms. The number of Topliss-reactive ketones (excluding diaryl/α,β-unsaturated/α-hetero) is 1. The minimum atomic E-state index is -4.72. The van der Waals surface area contributed by atoms with Crippen LogP contribution in [0.15, 0.2) is 6.33 Å². The molecule has 1 heterocycles. The molecule has 0 fully saturated rings. The van der Waals surface area contributed by atoms with Crippen LogP contribution in [0, 0.1) is 0 Å². The molecule has 14 heavy (non-hydrogen) atoms. The third-order valence-corrected chi connectivity index (χ3v) is 1.49. The van der Waals surface area contributed by atoms with Crippen LogP contribution >= 0.6 is 0 Å². The molecule has 1 aromatic rings. The lowest BCUT2D eigenvalue weighted by Gasteiger charge is -2.12. The highest BCUT2D eigenvalue weighted by Crippen LogP contribution is 2.26. The molecule has 0 spiro atoms. The molecule has 0 aliphatic carbocycles. The Bertz CT molecular complexity index is 349. The number of aromatic nitrogens is 3. The van der Waals surface area contributed by atoms with E-state index in [4.69, 9.17) is 0 Å². The van der Waals surface area contributed by atoms with Gasteiger partial charge in [-0.05, 0) is 0 Å². The quantitative estimate of drug-likeness (QED) is 0.551. The molecular formula is C6H5F4N3O. The number of carbonyl (C=O) groups excluding carboxylic acids is 1. The second-order valence-electron chi connectivity index (χ2n) is 2.52. The third kappa shape index (κ3) is 1.59. The van der Waals surface area contributed by atoms with E-state index in [1.807, 2.05) is 0 Å². The molecule has 1 rings (SSSR count). The summed E-state index contributed by atoms with van der Waals surface area (Å²) in [7, 11) is 1.20. The fourth-order valence-corrected chi connectivity index (χ4v) is 0.737. The van der Waals surface area contributed by atoms with Gasteiger partial charge in [-0.2, -0.15) is 8.78 Å². The van der Waals surface area contributed by atoms with Gasteiger partial charge in [0.1, 0.15) is 6.33 Å². The highest BCUT2D eigenvalue weighted by Gasteiger charge is 2.50. The fourth-order valence-electron chi connectivity index (χ4n) is 0.737. The first-order chi connectivity index (χ1) is 6.37. The van der Waals surface area contributed by atoms with E-state index < -0.39 is 24.0 Å². The van der Waals surface area contributed by atoms with Crippen molar-refractivity contribution in [2.75, 3.05) is 0 Å². The Morgan fingerprint density at radius 1 is 1.57 bits per heavy atom. The maximum absolute atomic E-state index is 12.5. The molecule has 0 atom stereocenters. The average molecular weight is 211 g/mol. The van der Waals surface area contributed by atoms with E-state index in [0.717, 1.165) is 10.9 Å². The van der Waals surface area contributed by atoms with E-state index in [1.54, 1.807) is 0 Å². The van der Waals surface area contributed by atoms with Gasteiger partial charge in [0.2, 0.25) is 5.82 Å². The lowest BCUT2D eigenvalue weighted by atomic mass is 10.2. The average Bonchev–Trinajstić information content (AvgIpc) is 2.49. The lowest BCUT2D eigenvalue weighted by Crippen LogP contribution is -2.38. The summed E-state index contributed by atoms with van der Waals surface area (Å²) < 4.78 is 49.4. The Hall–Kier alpha value is -1.47. The maximum atomic E-state index is 12.5. The number of rotatable bonds is 3. The van der Waals surface area contributed by atoms with E-state index in [0.29, 0.717) is 0 Å². The van der Waals surface area contributed by atoms with E-state index in [9.17, 15) is 22.4 Å². The van der Waals surface area contributed by atoms with Crippen LogP contribution in [-0.4, -0.2) is 32.9 Å². The maximum Gasteiger partial charge on any atom is 0.372 e. The standard InChI is InChI=1S/C6H5F4N3O/c1-13-2-11-12-4(13)3(14)6(9,10)5(7)8/h2,5H,1H3. The normalized spacial score (nSPS) is 12.1. The molecule has 0 saturated heterocycles. The van der Waals surface area contributed by atoms with Gasteiger partial charge < -0.3 is 4.57 Å². The van der Waals surface area contributed by atoms with Crippen molar-refractivity contribution in [1.29, 1.82) is 0 Å². The van der Waals surface area contributed by atoms with Crippen molar-refractivity contribution < 1.29 is 22.4 Å². The minimum absolute atomic E-state index is 0.796. The zero-order chi connectivity index (χ0) is 10.9. The summed E-state index contributed by atoms with van der Waals surface area (Å²) in [5.74, 6) is -7.55. The van der Waals surface area contributed by atoms with Gasteiger partial charge in [-0.15, -0.1) is 10.2 Å². The van der Waals surface area contributed by atoms with Crippen molar-refractivity contribution in [3.05, 3.63) is 12.2 Å². The molecule has 0 N–H and O–H groups in total. The number of ketones is 1. The Kier molecular flexibility index (Phi) is 2.54. The molecule has 0 aliphatic heterocycles. The smallest absolute Gasteiger partial charge is 0.314 e. The summed E-state index contributed by atoms with van der Waals surface area (Å²) in [4.78, 5) is 10.8. The molecule has 0 aliphatic rings. The molecule has 4 nitrogen and oxygen atoms in total. The molecule has 0 saturated carbocycles. The number of alkyl halides is 4. The minimum Gasteiger partial charge on any atom is -0.314 e. The van der Waals surface area contributed by atoms with Crippen LogP contribution in [0.4, 0.5) is 17.6 Å². The van der Waals surface area contributed by atoms with E-state index in [1.165, 1.54) is 7.05 Å². The van der Waals surface area contributed by atoms with Gasteiger partial charge in [0.15, 0.2) is 0 Å². The van der Waals surface area contributed by atoms with Gasteiger partial charge in [-0.3, -0.25) is 4.79 Å². The molecule has 0 unspecified atom stereocenters. The molecule has 0 bridgehead atoms. The largest absolute Gasteiger partial charge is 0.372 e. The number of nitrogens with zero attached hydrogens (tertiary/aromatic N) is 3. The van der Waals surface area contributed by atoms with Crippen molar-refractivity contribution in [3.63, 3.8) is 0 Å². The van der Waals surface area contributed by atoms with Crippen LogP contribution < -0.4 is 0 Å². The lowest BCUT2D eigenvalue weighted by molar-refractivity contribution is -0.0964.